The van der Waals surface area contributed by atoms with Gasteiger partial charge in [0.05, 0.1) is 31.4 Å². The third-order valence-electron chi connectivity index (χ3n) is 5.55. The van der Waals surface area contributed by atoms with Gasteiger partial charge in [-0.05, 0) is 48.7 Å². The molecule has 0 bridgehead atoms. The first-order valence-corrected chi connectivity index (χ1v) is 11.8. The first-order valence-electron chi connectivity index (χ1n) is 11.4. The van der Waals surface area contributed by atoms with E-state index in [0.29, 0.717) is 67.0 Å². The molecule has 1 fully saturated rings. The van der Waals surface area contributed by atoms with Crippen LogP contribution >= 0.6 is 11.6 Å². The molecule has 7 nitrogen and oxygen atoms in total. The van der Waals surface area contributed by atoms with Crippen molar-refractivity contribution in [3.63, 3.8) is 0 Å². The van der Waals surface area contributed by atoms with Gasteiger partial charge in [0, 0.05) is 32.3 Å². The molecule has 0 unspecified atom stereocenters. The number of rotatable bonds is 8. The van der Waals surface area contributed by atoms with Gasteiger partial charge in [-0.2, -0.15) is 0 Å². The van der Waals surface area contributed by atoms with E-state index in [9.17, 15) is 9.59 Å². The molecule has 8 heteroatoms. The van der Waals surface area contributed by atoms with E-state index in [0.717, 1.165) is 12.0 Å². The third-order valence-corrected chi connectivity index (χ3v) is 5.83. The fraction of sp³-hybridized carbons (Fsp3) is 0.385. The van der Waals surface area contributed by atoms with Crippen LogP contribution in [0.5, 0.6) is 17.2 Å². The largest absolute Gasteiger partial charge is 0.496 e. The second kappa shape index (κ2) is 12.3. The molecule has 1 saturated heterocycles. The van der Waals surface area contributed by atoms with E-state index in [4.69, 9.17) is 25.8 Å². The van der Waals surface area contributed by atoms with Gasteiger partial charge in [0.2, 0.25) is 5.91 Å². The predicted octanol–water partition coefficient (Wildman–Crippen LogP) is 4.53. The maximum Gasteiger partial charge on any atom is 0.257 e. The number of para-hydroxylation sites is 1. The zero-order chi connectivity index (χ0) is 24.5. The second-order valence-electron chi connectivity index (χ2n) is 7.89. The number of carbonyl (C=O) groups is 2. The maximum absolute atomic E-state index is 13.0. The van der Waals surface area contributed by atoms with Crippen molar-refractivity contribution in [3.8, 4) is 17.2 Å². The Kier molecular flexibility index (Phi) is 9.22. The number of methoxy groups -OCH3 is 2. The topological polar surface area (TPSA) is 68.3 Å². The number of ether oxygens (including phenoxy) is 3. The van der Waals surface area contributed by atoms with Crippen molar-refractivity contribution in [3.05, 3.63) is 58.6 Å². The van der Waals surface area contributed by atoms with Crippen molar-refractivity contribution >= 4 is 29.5 Å². The summed E-state index contributed by atoms with van der Waals surface area (Å²) in [5.41, 5.74) is 1.27. The standard InChI is InChI=1S/C26H31ClN2O5/c1-4-16-34-25-21(27)17-19(18-23(25)33-3)10-11-24(30)28-12-7-13-29(15-14-28)26(31)20-8-5-6-9-22(20)32-2/h5-6,8-11,17-18H,4,7,12-16H2,1-3H3/b11-10+. The molecule has 0 aromatic heterocycles. The van der Waals surface area contributed by atoms with Gasteiger partial charge in [0.25, 0.3) is 5.91 Å². The SMILES string of the molecule is CCCOc1c(Cl)cc(/C=C/C(=O)N2CCCN(C(=O)c3ccccc3OC)CC2)cc1OC. The van der Waals surface area contributed by atoms with Crippen molar-refractivity contribution in [1.29, 1.82) is 0 Å². The van der Waals surface area contributed by atoms with E-state index < -0.39 is 0 Å². The Hall–Kier alpha value is -3.19. The summed E-state index contributed by atoms with van der Waals surface area (Å²) in [7, 11) is 3.11. The van der Waals surface area contributed by atoms with Crippen LogP contribution in [0.25, 0.3) is 6.08 Å². The van der Waals surface area contributed by atoms with Gasteiger partial charge in [0.15, 0.2) is 11.5 Å². The zero-order valence-electron chi connectivity index (χ0n) is 19.9. The first kappa shape index (κ1) is 25.4. The monoisotopic (exact) mass is 486 g/mol. The van der Waals surface area contributed by atoms with Crippen molar-refractivity contribution in [2.45, 2.75) is 19.8 Å². The van der Waals surface area contributed by atoms with Crippen LogP contribution in [0.15, 0.2) is 42.5 Å². The molecule has 0 atom stereocenters. The quantitative estimate of drug-likeness (QED) is 0.513. The number of amides is 2. The smallest absolute Gasteiger partial charge is 0.257 e. The summed E-state index contributed by atoms with van der Waals surface area (Å²) in [5, 5.41) is 0.431. The lowest BCUT2D eigenvalue weighted by atomic mass is 10.1. The summed E-state index contributed by atoms with van der Waals surface area (Å²) in [6.07, 6.45) is 4.79. The maximum atomic E-state index is 13.0. The van der Waals surface area contributed by atoms with Crippen LogP contribution in [-0.4, -0.2) is 68.6 Å². The minimum atomic E-state index is -0.118. The molecule has 0 saturated carbocycles. The van der Waals surface area contributed by atoms with E-state index in [-0.39, 0.29) is 11.8 Å². The molecule has 0 spiro atoms. The molecule has 2 aromatic rings. The van der Waals surface area contributed by atoms with Crippen molar-refractivity contribution in [2.24, 2.45) is 0 Å². The van der Waals surface area contributed by atoms with Crippen molar-refractivity contribution in [1.82, 2.24) is 9.80 Å². The molecule has 182 valence electrons. The Balaban J connectivity index is 1.65. The molecular formula is C26H31ClN2O5. The second-order valence-corrected chi connectivity index (χ2v) is 8.29. The average Bonchev–Trinajstić information content (AvgIpc) is 3.12. The lowest BCUT2D eigenvalue weighted by Crippen LogP contribution is -2.36. The van der Waals surface area contributed by atoms with E-state index in [1.165, 1.54) is 6.08 Å². The molecular weight excluding hydrogens is 456 g/mol. The highest BCUT2D eigenvalue weighted by molar-refractivity contribution is 6.32. The van der Waals surface area contributed by atoms with Crippen LogP contribution in [0.4, 0.5) is 0 Å². The van der Waals surface area contributed by atoms with Gasteiger partial charge >= 0.3 is 0 Å². The molecule has 2 amide bonds. The fourth-order valence-corrected chi connectivity index (χ4v) is 4.06. The highest BCUT2D eigenvalue weighted by Gasteiger charge is 2.23. The Labute approximate surface area is 205 Å². The number of halogens is 1. The number of hydrogen-bond donors (Lipinski definition) is 0. The van der Waals surface area contributed by atoms with Gasteiger partial charge in [-0.3, -0.25) is 9.59 Å². The summed E-state index contributed by atoms with van der Waals surface area (Å²) >= 11 is 6.37. The number of benzene rings is 2. The molecule has 0 aliphatic carbocycles. The van der Waals surface area contributed by atoms with E-state index in [1.54, 1.807) is 54.4 Å². The molecule has 0 N–H and O–H groups in total. The van der Waals surface area contributed by atoms with Gasteiger partial charge in [-0.1, -0.05) is 30.7 Å². The summed E-state index contributed by atoms with van der Waals surface area (Å²) in [5.74, 6) is 1.37. The summed E-state index contributed by atoms with van der Waals surface area (Å²) < 4.78 is 16.4. The van der Waals surface area contributed by atoms with E-state index >= 15 is 0 Å². The average molecular weight is 487 g/mol. The van der Waals surface area contributed by atoms with Crippen LogP contribution in [0, 0.1) is 0 Å². The van der Waals surface area contributed by atoms with E-state index in [1.807, 2.05) is 19.1 Å². The van der Waals surface area contributed by atoms with Gasteiger partial charge in [-0.15, -0.1) is 0 Å². The molecule has 1 heterocycles. The molecule has 34 heavy (non-hydrogen) atoms. The third kappa shape index (κ3) is 6.23. The number of hydrogen-bond acceptors (Lipinski definition) is 5. The molecule has 1 aliphatic rings. The Morgan fingerprint density at radius 3 is 2.44 bits per heavy atom. The van der Waals surface area contributed by atoms with Crippen LogP contribution in [0.3, 0.4) is 0 Å². The normalized spacial score (nSPS) is 14.1. The Morgan fingerprint density at radius 1 is 1.00 bits per heavy atom. The number of carbonyl (C=O) groups excluding carboxylic acids is 2. The van der Waals surface area contributed by atoms with Crippen molar-refractivity contribution in [2.75, 3.05) is 47.0 Å². The fourth-order valence-electron chi connectivity index (χ4n) is 3.79. The summed E-state index contributed by atoms with van der Waals surface area (Å²) in [4.78, 5) is 29.4. The highest BCUT2D eigenvalue weighted by Crippen LogP contribution is 2.37. The molecule has 2 aromatic carbocycles. The van der Waals surface area contributed by atoms with Crippen LogP contribution in [0.1, 0.15) is 35.7 Å². The van der Waals surface area contributed by atoms with E-state index in [2.05, 4.69) is 0 Å². The van der Waals surface area contributed by atoms with Gasteiger partial charge < -0.3 is 24.0 Å². The Bertz CT molecular complexity index is 1040. The zero-order valence-corrected chi connectivity index (χ0v) is 20.6. The lowest BCUT2D eigenvalue weighted by molar-refractivity contribution is -0.125. The minimum absolute atomic E-state index is 0.0885. The molecule has 1 aliphatic heterocycles. The van der Waals surface area contributed by atoms with Crippen LogP contribution < -0.4 is 14.2 Å². The molecule has 0 radical (unpaired) electrons. The van der Waals surface area contributed by atoms with Gasteiger partial charge in [0.1, 0.15) is 5.75 Å². The highest BCUT2D eigenvalue weighted by atomic mass is 35.5. The first-order chi connectivity index (χ1) is 16.5. The van der Waals surface area contributed by atoms with Crippen LogP contribution in [0.2, 0.25) is 5.02 Å². The summed E-state index contributed by atoms with van der Waals surface area (Å²) in [6, 6.07) is 10.7. The minimum Gasteiger partial charge on any atom is -0.496 e. The van der Waals surface area contributed by atoms with Crippen LogP contribution in [-0.2, 0) is 4.79 Å². The number of nitrogens with zero attached hydrogens (tertiary/aromatic N) is 2. The summed E-state index contributed by atoms with van der Waals surface area (Å²) in [6.45, 7) is 4.62. The van der Waals surface area contributed by atoms with Gasteiger partial charge in [-0.25, -0.2) is 0 Å². The van der Waals surface area contributed by atoms with Crippen molar-refractivity contribution < 1.29 is 23.8 Å². The Morgan fingerprint density at radius 2 is 1.71 bits per heavy atom. The molecule has 3 rings (SSSR count). The predicted molar refractivity (Wildman–Crippen MR) is 133 cm³/mol. The lowest BCUT2D eigenvalue weighted by Gasteiger charge is -2.22.